The van der Waals surface area contributed by atoms with Crippen LogP contribution in [0.4, 0.5) is 10.1 Å². The molecule has 1 heterocycles. The lowest BCUT2D eigenvalue weighted by atomic mass is 10.1. The molecular weight excluding hydrogens is 565 g/mol. The number of hydrogen-bond acceptors (Lipinski definition) is 7. The number of anilines is 1. The average Bonchev–Trinajstić information content (AvgIpc) is 3.52. The molecule has 3 aromatic carbocycles. The van der Waals surface area contributed by atoms with E-state index in [-0.39, 0.29) is 41.5 Å². The molecule has 224 valence electrons. The number of nitrogens with one attached hydrogen (secondary N) is 2. The number of hydrogen-bond donors (Lipinski definition) is 2. The summed E-state index contributed by atoms with van der Waals surface area (Å²) in [6, 6.07) is 16.8. The molecular formula is C30H34FN3O7S. The first kappa shape index (κ1) is 30.8. The van der Waals surface area contributed by atoms with Crippen molar-refractivity contribution in [3.05, 3.63) is 84.2 Å². The fraction of sp³-hybridized carbons (Fsp3) is 0.333. The van der Waals surface area contributed by atoms with E-state index in [0.29, 0.717) is 18.9 Å². The Kier molecular flexibility index (Phi) is 10.4. The van der Waals surface area contributed by atoms with Crippen molar-refractivity contribution in [1.82, 2.24) is 10.2 Å². The Hall–Kier alpha value is -4.16. The van der Waals surface area contributed by atoms with E-state index < -0.39 is 27.8 Å². The van der Waals surface area contributed by atoms with Gasteiger partial charge in [-0.3, -0.25) is 14.3 Å². The van der Waals surface area contributed by atoms with Gasteiger partial charge in [-0.1, -0.05) is 12.1 Å². The van der Waals surface area contributed by atoms with Gasteiger partial charge in [0.25, 0.3) is 15.9 Å². The Labute approximate surface area is 244 Å². The summed E-state index contributed by atoms with van der Waals surface area (Å²) < 4.78 is 57.3. The van der Waals surface area contributed by atoms with E-state index in [0.717, 1.165) is 30.5 Å². The van der Waals surface area contributed by atoms with E-state index in [1.54, 1.807) is 26.2 Å². The lowest BCUT2D eigenvalue weighted by molar-refractivity contribution is -0.142. The van der Waals surface area contributed by atoms with Crippen molar-refractivity contribution in [2.75, 3.05) is 31.6 Å². The van der Waals surface area contributed by atoms with Crippen molar-refractivity contribution in [2.45, 2.75) is 43.4 Å². The van der Waals surface area contributed by atoms with Gasteiger partial charge in [-0.25, -0.2) is 12.8 Å². The second kappa shape index (κ2) is 14.1. The van der Waals surface area contributed by atoms with Crippen LogP contribution in [0.5, 0.6) is 11.5 Å². The lowest BCUT2D eigenvalue weighted by Gasteiger charge is -2.29. The smallest absolute Gasteiger partial charge is 0.261 e. The van der Waals surface area contributed by atoms with Crippen LogP contribution in [0, 0.1) is 5.82 Å². The number of sulfonamides is 1. The second-order valence-corrected chi connectivity index (χ2v) is 11.5. The van der Waals surface area contributed by atoms with E-state index in [1.807, 2.05) is 12.1 Å². The zero-order valence-electron chi connectivity index (χ0n) is 23.4. The molecule has 4 rings (SSSR count). The first-order valence-electron chi connectivity index (χ1n) is 13.5. The van der Waals surface area contributed by atoms with E-state index >= 15 is 0 Å². The van der Waals surface area contributed by atoms with Gasteiger partial charge in [-0.15, -0.1) is 0 Å². The summed E-state index contributed by atoms with van der Waals surface area (Å²) >= 11 is 0. The Balaban J connectivity index is 1.40. The molecule has 3 aromatic rings. The van der Waals surface area contributed by atoms with Crippen LogP contribution in [0.15, 0.2) is 77.7 Å². The lowest BCUT2D eigenvalue weighted by Crippen LogP contribution is -2.50. The summed E-state index contributed by atoms with van der Waals surface area (Å²) in [5.74, 6) is -0.286. The second-order valence-electron chi connectivity index (χ2n) is 9.80. The molecule has 0 unspecified atom stereocenters. The molecule has 0 aliphatic carbocycles. The summed E-state index contributed by atoms with van der Waals surface area (Å²) in [4.78, 5) is 27.7. The van der Waals surface area contributed by atoms with Crippen LogP contribution in [0.25, 0.3) is 0 Å². The SMILES string of the molecule is COc1ccc(CN(C(=O)COc2ccc(S(=O)(=O)Nc3ccc(F)cc3)cc2)[C@H](C)C(=O)NC[C@@H]2CCCO2)cc1. The molecule has 10 nitrogen and oxygen atoms in total. The van der Waals surface area contributed by atoms with Crippen molar-refractivity contribution >= 4 is 27.5 Å². The van der Waals surface area contributed by atoms with Crippen molar-refractivity contribution < 1.29 is 36.6 Å². The molecule has 0 spiro atoms. The highest BCUT2D eigenvalue weighted by molar-refractivity contribution is 7.92. The zero-order valence-corrected chi connectivity index (χ0v) is 24.2. The highest BCUT2D eigenvalue weighted by Gasteiger charge is 2.27. The fourth-order valence-electron chi connectivity index (χ4n) is 4.35. The predicted octanol–water partition coefficient (Wildman–Crippen LogP) is 3.73. The molecule has 0 aromatic heterocycles. The van der Waals surface area contributed by atoms with E-state index in [2.05, 4.69) is 10.0 Å². The maximum absolute atomic E-state index is 13.3. The Bertz CT molecular complexity index is 1440. The topological polar surface area (TPSA) is 123 Å². The molecule has 0 saturated carbocycles. The molecule has 12 heteroatoms. The third-order valence-electron chi connectivity index (χ3n) is 6.80. The number of amides is 2. The number of benzene rings is 3. The maximum Gasteiger partial charge on any atom is 0.261 e. The van der Waals surface area contributed by atoms with Crippen molar-refractivity contribution in [3.63, 3.8) is 0 Å². The van der Waals surface area contributed by atoms with Crippen LogP contribution in [-0.2, 0) is 30.9 Å². The largest absolute Gasteiger partial charge is 0.497 e. The van der Waals surface area contributed by atoms with Gasteiger partial charge in [-0.2, -0.15) is 0 Å². The van der Waals surface area contributed by atoms with E-state index in [9.17, 15) is 22.4 Å². The number of rotatable bonds is 13. The molecule has 2 atom stereocenters. The predicted molar refractivity (Wildman–Crippen MR) is 154 cm³/mol. The van der Waals surface area contributed by atoms with Gasteiger partial charge in [0.05, 0.1) is 18.1 Å². The normalized spacial score (nSPS) is 15.5. The monoisotopic (exact) mass is 599 g/mol. The van der Waals surface area contributed by atoms with Gasteiger partial charge in [0.1, 0.15) is 23.4 Å². The molecule has 1 aliphatic rings. The van der Waals surface area contributed by atoms with Gasteiger partial charge in [-0.05, 0) is 86.0 Å². The number of nitrogens with zero attached hydrogens (tertiary/aromatic N) is 1. The van der Waals surface area contributed by atoms with Crippen LogP contribution in [-0.4, -0.2) is 64.1 Å². The van der Waals surface area contributed by atoms with Gasteiger partial charge >= 0.3 is 0 Å². The molecule has 1 aliphatic heterocycles. The highest BCUT2D eigenvalue weighted by Crippen LogP contribution is 2.21. The maximum atomic E-state index is 13.3. The molecule has 0 bridgehead atoms. The van der Waals surface area contributed by atoms with Crippen LogP contribution < -0.4 is 19.5 Å². The Morgan fingerprint density at radius 3 is 2.31 bits per heavy atom. The van der Waals surface area contributed by atoms with Crippen molar-refractivity contribution in [1.29, 1.82) is 0 Å². The first-order chi connectivity index (χ1) is 20.1. The summed E-state index contributed by atoms with van der Waals surface area (Å²) in [5.41, 5.74) is 1.01. The molecule has 42 heavy (non-hydrogen) atoms. The zero-order chi connectivity index (χ0) is 30.1. The number of methoxy groups -OCH3 is 1. The highest BCUT2D eigenvalue weighted by atomic mass is 32.2. The first-order valence-corrected chi connectivity index (χ1v) is 15.0. The van der Waals surface area contributed by atoms with Crippen LogP contribution in [0.1, 0.15) is 25.3 Å². The fourth-order valence-corrected chi connectivity index (χ4v) is 5.41. The Morgan fingerprint density at radius 2 is 1.69 bits per heavy atom. The van der Waals surface area contributed by atoms with Crippen LogP contribution >= 0.6 is 0 Å². The summed E-state index contributed by atoms with van der Waals surface area (Å²) in [7, 11) is -2.36. The van der Waals surface area contributed by atoms with E-state index in [4.69, 9.17) is 14.2 Å². The van der Waals surface area contributed by atoms with Gasteiger partial charge in [0.2, 0.25) is 5.91 Å². The molecule has 1 saturated heterocycles. The minimum absolute atomic E-state index is 0.0344. The van der Waals surface area contributed by atoms with Crippen molar-refractivity contribution in [3.8, 4) is 11.5 Å². The van der Waals surface area contributed by atoms with Gasteiger partial charge in [0.15, 0.2) is 6.61 Å². The molecule has 1 fully saturated rings. The van der Waals surface area contributed by atoms with Crippen molar-refractivity contribution in [2.24, 2.45) is 0 Å². The summed E-state index contributed by atoms with van der Waals surface area (Å²) in [6.07, 6.45) is 1.79. The number of halogens is 1. The number of carbonyl (C=O) groups excluding carboxylic acids is 2. The average molecular weight is 600 g/mol. The quantitative estimate of drug-likeness (QED) is 0.307. The molecule has 0 radical (unpaired) electrons. The van der Waals surface area contributed by atoms with Gasteiger partial charge < -0.3 is 24.4 Å². The summed E-state index contributed by atoms with van der Waals surface area (Å²) in [6.45, 7) is 2.48. The minimum Gasteiger partial charge on any atom is -0.497 e. The number of carbonyl (C=O) groups is 2. The molecule has 2 amide bonds. The third-order valence-corrected chi connectivity index (χ3v) is 8.20. The Morgan fingerprint density at radius 1 is 1.02 bits per heavy atom. The molecule has 2 N–H and O–H groups in total. The third kappa shape index (κ3) is 8.43. The van der Waals surface area contributed by atoms with Gasteiger partial charge in [0, 0.05) is 25.4 Å². The van der Waals surface area contributed by atoms with Crippen LogP contribution in [0.3, 0.4) is 0 Å². The standard InChI is InChI=1S/C30H34FN3O7S/c1-21(30(36)32-18-27-4-3-17-40-27)34(19-22-5-11-25(39-2)12-6-22)29(35)20-41-26-13-15-28(16-14-26)42(37,38)33-24-9-7-23(31)8-10-24/h5-16,21,27,33H,3-4,17-20H2,1-2H3,(H,32,36)/t21-,27+/m1/s1. The van der Waals surface area contributed by atoms with E-state index in [1.165, 1.54) is 41.3 Å². The van der Waals surface area contributed by atoms with Crippen LogP contribution in [0.2, 0.25) is 0 Å². The summed E-state index contributed by atoms with van der Waals surface area (Å²) in [5, 5.41) is 2.88. The number of ether oxygens (including phenoxy) is 3. The minimum atomic E-state index is -3.93.